The molecule has 2 aromatic carbocycles. The number of ether oxygens (including phenoxy) is 3. The average Bonchev–Trinajstić information content (AvgIpc) is 3.53. The third kappa shape index (κ3) is 5.58. The van der Waals surface area contributed by atoms with Crippen LogP contribution >= 0.6 is 43.2 Å². The van der Waals surface area contributed by atoms with Crippen LogP contribution in [0.5, 0.6) is 11.5 Å². The van der Waals surface area contributed by atoms with E-state index in [0.29, 0.717) is 43.2 Å². The van der Waals surface area contributed by atoms with E-state index in [9.17, 15) is 9.59 Å². The Balaban J connectivity index is 1.73. The van der Waals surface area contributed by atoms with Crippen LogP contribution in [-0.2, 0) is 9.53 Å². The van der Waals surface area contributed by atoms with Gasteiger partial charge >= 0.3 is 5.97 Å². The Morgan fingerprint density at radius 1 is 1.10 bits per heavy atom. The van der Waals surface area contributed by atoms with E-state index in [-0.39, 0.29) is 17.7 Å². The van der Waals surface area contributed by atoms with E-state index in [4.69, 9.17) is 14.2 Å². The van der Waals surface area contributed by atoms with Gasteiger partial charge in [0.2, 0.25) is 0 Å². The highest BCUT2D eigenvalue weighted by Gasteiger charge is 2.35. The molecule has 0 radical (unpaired) electrons. The molecule has 2 aromatic heterocycles. The molecule has 41 heavy (non-hydrogen) atoms. The lowest BCUT2D eigenvalue weighted by molar-refractivity contribution is -0.139. The smallest absolute Gasteiger partial charge is 0.338 e. The van der Waals surface area contributed by atoms with E-state index < -0.39 is 12.0 Å². The number of fused-ring (bicyclic) bond motifs is 1. The van der Waals surface area contributed by atoms with Crippen molar-refractivity contribution in [1.82, 2.24) is 9.13 Å². The van der Waals surface area contributed by atoms with Crippen LogP contribution in [0.2, 0.25) is 0 Å². The predicted octanol–water partition coefficient (Wildman–Crippen LogP) is 5.52. The zero-order valence-electron chi connectivity index (χ0n) is 22.8. The molecule has 3 heterocycles. The quantitative estimate of drug-likeness (QED) is 0.226. The van der Waals surface area contributed by atoms with Crippen LogP contribution in [0.1, 0.15) is 38.1 Å². The molecule has 0 saturated carbocycles. The van der Waals surface area contributed by atoms with Crippen LogP contribution in [0, 0.1) is 0 Å². The largest absolute Gasteiger partial charge is 0.493 e. The van der Waals surface area contributed by atoms with Gasteiger partial charge in [-0.1, -0.05) is 43.2 Å². The van der Waals surface area contributed by atoms with Gasteiger partial charge in [0.15, 0.2) is 16.3 Å². The molecule has 212 valence electrons. The molecule has 0 bridgehead atoms. The van der Waals surface area contributed by atoms with Gasteiger partial charge in [-0.15, -0.1) is 0 Å². The molecule has 8 nitrogen and oxygen atoms in total. The number of rotatable bonds is 8. The van der Waals surface area contributed by atoms with E-state index in [1.807, 2.05) is 60.2 Å². The van der Waals surface area contributed by atoms with Crippen molar-refractivity contribution in [3.05, 3.63) is 106 Å². The van der Waals surface area contributed by atoms with Gasteiger partial charge in [0.25, 0.3) is 5.56 Å². The molecule has 5 rings (SSSR count). The minimum absolute atomic E-state index is 0.188. The lowest BCUT2D eigenvalue weighted by Crippen LogP contribution is -2.40. The van der Waals surface area contributed by atoms with E-state index in [1.165, 1.54) is 11.3 Å². The summed E-state index contributed by atoms with van der Waals surface area (Å²) < 4.78 is 22.5. The summed E-state index contributed by atoms with van der Waals surface area (Å²) in [6.45, 7) is 6.03. The Kier molecular flexibility index (Phi) is 8.67. The fourth-order valence-corrected chi connectivity index (χ4v) is 6.59. The highest BCUT2D eigenvalue weighted by atomic mass is 79.9. The number of allylic oxidation sites excluding steroid dienone is 1. The average molecular weight is 701 g/mol. The van der Waals surface area contributed by atoms with Crippen LogP contribution in [0.15, 0.2) is 84.7 Å². The topological polar surface area (TPSA) is 84.1 Å². The zero-order valence-corrected chi connectivity index (χ0v) is 26.8. The molecular weight excluding hydrogens is 674 g/mol. The van der Waals surface area contributed by atoms with E-state index in [1.54, 1.807) is 37.7 Å². The zero-order chi connectivity index (χ0) is 29.3. The number of carbonyl (C=O) groups excluding carboxylic acids is 1. The van der Waals surface area contributed by atoms with Crippen LogP contribution in [-0.4, -0.2) is 35.4 Å². The monoisotopic (exact) mass is 699 g/mol. The highest BCUT2D eigenvalue weighted by Crippen LogP contribution is 2.41. The van der Waals surface area contributed by atoms with Crippen LogP contribution in [0.25, 0.3) is 11.8 Å². The molecule has 1 atom stereocenters. The molecule has 0 fully saturated rings. The molecule has 1 aliphatic rings. The summed E-state index contributed by atoms with van der Waals surface area (Å²) in [5.74, 6) is 0.499. The van der Waals surface area contributed by atoms with Gasteiger partial charge in [-0.25, -0.2) is 9.79 Å². The molecular formula is C30H27Br2N3O5S. The normalized spacial score (nSPS) is 15.0. The number of nitrogens with zero attached hydrogens (tertiary/aromatic N) is 3. The Morgan fingerprint density at radius 2 is 1.85 bits per heavy atom. The van der Waals surface area contributed by atoms with Crippen molar-refractivity contribution < 1.29 is 19.0 Å². The third-order valence-corrected chi connectivity index (χ3v) is 8.76. The molecule has 0 spiro atoms. The van der Waals surface area contributed by atoms with Crippen LogP contribution in [0.4, 0.5) is 0 Å². The molecule has 0 saturated heterocycles. The standard InChI is InChI=1S/C30H27Br2N3O5S/c1-5-39-24-16-22(32)21(15-23(24)38-4)27-26(29(37)40-6-2)17(3)33-30-35(27)28(36)25(41-30)14-20-8-7-13-34(20)19-11-9-18(31)10-12-19/h7-16,27H,5-6H2,1-4H3/b25-14+/t27-/m1/s1. The van der Waals surface area contributed by atoms with Crippen molar-refractivity contribution in [2.24, 2.45) is 4.99 Å². The first kappa shape index (κ1) is 29.1. The van der Waals surface area contributed by atoms with Crippen molar-refractivity contribution in [3.63, 3.8) is 0 Å². The summed E-state index contributed by atoms with van der Waals surface area (Å²) in [5, 5.41) is 0. The van der Waals surface area contributed by atoms with Gasteiger partial charge in [-0.3, -0.25) is 9.36 Å². The summed E-state index contributed by atoms with van der Waals surface area (Å²) in [6, 6.07) is 14.6. The number of carbonyl (C=O) groups is 1. The minimum atomic E-state index is -0.801. The summed E-state index contributed by atoms with van der Waals surface area (Å²) in [6.07, 6.45) is 3.79. The molecule has 4 aromatic rings. The van der Waals surface area contributed by atoms with Crippen molar-refractivity contribution in [2.75, 3.05) is 20.3 Å². The fraction of sp³-hybridized carbons (Fsp3) is 0.233. The molecule has 0 aliphatic carbocycles. The maximum absolute atomic E-state index is 14.1. The first-order valence-corrected chi connectivity index (χ1v) is 15.3. The summed E-state index contributed by atoms with van der Waals surface area (Å²) in [5.41, 5.74) is 2.94. The van der Waals surface area contributed by atoms with Gasteiger partial charge in [0.1, 0.15) is 0 Å². The Morgan fingerprint density at radius 3 is 2.54 bits per heavy atom. The number of methoxy groups -OCH3 is 1. The van der Waals surface area contributed by atoms with Gasteiger partial charge in [-0.05, 0) is 80.9 Å². The second-order valence-electron chi connectivity index (χ2n) is 9.04. The van der Waals surface area contributed by atoms with Gasteiger partial charge < -0.3 is 18.8 Å². The first-order valence-electron chi connectivity index (χ1n) is 12.9. The molecule has 0 N–H and O–H groups in total. The number of hydrogen-bond donors (Lipinski definition) is 0. The maximum atomic E-state index is 14.1. The first-order chi connectivity index (χ1) is 19.8. The van der Waals surface area contributed by atoms with Crippen molar-refractivity contribution in [1.29, 1.82) is 0 Å². The second kappa shape index (κ2) is 12.2. The molecule has 11 heteroatoms. The van der Waals surface area contributed by atoms with Crippen molar-refractivity contribution >= 4 is 55.2 Å². The van der Waals surface area contributed by atoms with Crippen LogP contribution < -0.4 is 24.4 Å². The van der Waals surface area contributed by atoms with Gasteiger partial charge in [-0.2, -0.15) is 0 Å². The highest BCUT2D eigenvalue weighted by molar-refractivity contribution is 9.10. The number of esters is 1. The number of benzene rings is 2. The number of hydrogen-bond acceptors (Lipinski definition) is 7. The van der Waals surface area contributed by atoms with Gasteiger partial charge in [0.05, 0.1) is 42.2 Å². The molecule has 0 unspecified atom stereocenters. The molecule has 0 amide bonds. The van der Waals surface area contributed by atoms with Crippen molar-refractivity contribution in [3.8, 4) is 17.2 Å². The number of thiazole rings is 1. The van der Waals surface area contributed by atoms with Gasteiger partial charge in [0, 0.05) is 26.5 Å². The number of aromatic nitrogens is 2. The Bertz CT molecular complexity index is 1840. The van der Waals surface area contributed by atoms with E-state index in [2.05, 4.69) is 36.9 Å². The maximum Gasteiger partial charge on any atom is 0.338 e. The SMILES string of the molecule is CCOC(=O)C1=C(C)N=c2s/c(=C/c3cccn3-c3ccc(Br)cc3)c(=O)n2[C@@H]1c1cc(OC)c(OCC)cc1Br. The third-order valence-electron chi connectivity index (χ3n) is 6.56. The summed E-state index contributed by atoms with van der Waals surface area (Å²) >= 11 is 8.41. The Hall–Kier alpha value is -3.41. The number of halogens is 2. The van der Waals surface area contributed by atoms with E-state index in [0.717, 1.165) is 15.9 Å². The second-order valence-corrected chi connectivity index (χ2v) is 11.8. The summed E-state index contributed by atoms with van der Waals surface area (Å²) in [4.78, 5) is 32.6. The summed E-state index contributed by atoms with van der Waals surface area (Å²) in [7, 11) is 1.55. The lowest BCUT2D eigenvalue weighted by Gasteiger charge is -2.26. The van der Waals surface area contributed by atoms with E-state index >= 15 is 0 Å². The molecule has 1 aliphatic heterocycles. The fourth-order valence-electron chi connectivity index (χ4n) is 4.76. The minimum Gasteiger partial charge on any atom is -0.493 e. The Labute approximate surface area is 257 Å². The predicted molar refractivity (Wildman–Crippen MR) is 166 cm³/mol. The van der Waals surface area contributed by atoms with Crippen LogP contribution in [0.3, 0.4) is 0 Å². The lowest BCUT2D eigenvalue weighted by atomic mass is 9.95. The van der Waals surface area contributed by atoms with Crippen molar-refractivity contribution in [2.45, 2.75) is 26.8 Å².